The topological polar surface area (TPSA) is 122 Å². The minimum absolute atomic E-state index is 0.359. The molecule has 0 radical (unpaired) electrons. The number of rotatable bonds is 14. The van der Waals surface area contributed by atoms with Crippen LogP contribution in [0.1, 0.15) is 84.0 Å². The highest BCUT2D eigenvalue weighted by Crippen LogP contribution is 2.60. The number of carbonyl (C=O) groups excluding carboxylic acids is 1. The van der Waals surface area contributed by atoms with Crippen LogP contribution in [0.2, 0.25) is 0 Å². The van der Waals surface area contributed by atoms with E-state index < -0.39 is 37.0 Å². The molecule has 4 saturated carbocycles. The first-order chi connectivity index (χ1) is 17.4. The Bertz CT molecular complexity index is 670. The monoisotopic (exact) mass is 510 g/mol. The highest BCUT2D eigenvalue weighted by atomic mass is 16.5. The van der Waals surface area contributed by atoms with Crippen LogP contribution >= 0.6 is 0 Å². The van der Waals surface area contributed by atoms with Crippen molar-refractivity contribution in [3.05, 3.63) is 0 Å². The van der Waals surface area contributed by atoms with Crippen molar-refractivity contribution in [1.29, 1.82) is 0 Å². The molecule has 8 heteroatoms. The number of aliphatic hydroxyl groups excluding tert-OH is 4. The molecule has 208 valence electrons. The molecule has 5 fully saturated rings. The van der Waals surface area contributed by atoms with Crippen molar-refractivity contribution in [3.8, 4) is 0 Å². The van der Waals surface area contributed by atoms with E-state index in [1.807, 2.05) is 0 Å². The van der Waals surface area contributed by atoms with Crippen LogP contribution in [0.15, 0.2) is 0 Å². The molecule has 0 aromatic rings. The largest absolute Gasteiger partial charge is 0.395 e. The van der Waals surface area contributed by atoms with Gasteiger partial charge in [-0.15, -0.1) is 0 Å². The van der Waals surface area contributed by atoms with Crippen LogP contribution in [0.4, 0.5) is 0 Å². The van der Waals surface area contributed by atoms with Gasteiger partial charge in [-0.2, -0.15) is 0 Å². The summed E-state index contributed by atoms with van der Waals surface area (Å²) in [5.74, 6) is 2.45. The summed E-state index contributed by atoms with van der Waals surface area (Å²) in [6.45, 7) is 4.29. The number of likely N-dealkylation sites (tertiary alicyclic amines) is 1. The van der Waals surface area contributed by atoms with Crippen molar-refractivity contribution in [1.82, 2.24) is 10.2 Å². The summed E-state index contributed by atoms with van der Waals surface area (Å²) in [4.78, 5) is 14.6. The molecule has 4 aliphatic carbocycles. The fraction of sp³-hybridized carbons (Fsp3) is 0.964. The Labute approximate surface area is 216 Å². The molecule has 5 aliphatic rings. The van der Waals surface area contributed by atoms with Gasteiger partial charge in [-0.3, -0.25) is 9.69 Å². The van der Waals surface area contributed by atoms with Crippen LogP contribution in [0, 0.1) is 23.2 Å². The highest BCUT2D eigenvalue weighted by molar-refractivity contribution is 5.82. The van der Waals surface area contributed by atoms with Gasteiger partial charge in [0.05, 0.1) is 19.3 Å². The van der Waals surface area contributed by atoms with E-state index in [1.54, 1.807) is 4.90 Å². The third-order valence-electron chi connectivity index (χ3n) is 9.51. The Kier molecular flexibility index (Phi) is 10.1. The van der Waals surface area contributed by atoms with Gasteiger partial charge in [0, 0.05) is 13.2 Å². The second-order valence-corrected chi connectivity index (χ2v) is 12.4. The van der Waals surface area contributed by atoms with Gasteiger partial charge in [0.1, 0.15) is 24.4 Å². The second kappa shape index (κ2) is 12.9. The van der Waals surface area contributed by atoms with Crippen molar-refractivity contribution < 1.29 is 30.0 Å². The van der Waals surface area contributed by atoms with Gasteiger partial charge in [-0.05, 0) is 93.9 Å². The molecular weight excluding hydrogens is 460 g/mol. The van der Waals surface area contributed by atoms with Gasteiger partial charge in [0.15, 0.2) is 0 Å². The number of nitrogens with zero attached hydrogens (tertiary/aromatic N) is 1. The van der Waals surface area contributed by atoms with E-state index in [2.05, 4.69) is 12.2 Å². The fourth-order valence-corrected chi connectivity index (χ4v) is 8.16. The van der Waals surface area contributed by atoms with Crippen LogP contribution in [-0.2, 0) is 9.53 Å². The van der Waals surface area contributed by atoms with Gasteiger partial charge >= 0.3 is 0 Å². The van der Waals surface area contributed by atoms with Gasteiger partial charge in [-0.25, -0.2) is 0 Å². The molecule has 4 bridgehead atoms. The normalized spacial score (nSPS) is 40.0. The number of aliphatic hydroxyl groups is 4. The standard InChI is InChI=1S/C28H50N2O6/c1-2-3-5-8-29-27(35)23-25(33)26(34)24(32)22(17-31)30(23)9-6-4-7-10-36-18-28-14-19-11-20(15-28)13-21(12-19)16-28/h19-26,31-34H,2-18H2,1H3,(H,29,35)/t19?,20?,21?,22-,23-,24+,25-,26-,28?/m0/s1. The fourth-order valence-electron chi connectivity index (χ4n) is 8.16. The molecule has 0 spiro atoms. The molecule has 1 amide bonds. The number of ether oxygens (including phenoxy) is 1. The summed E-state index contributed by atoms with van der Waals surface area (Å²) in [6.07, 6.45) is 9.70. The van der Waals surface area contributed by atoms with E-state index in [1.165, 1.54) is 38.5 Å². The lowest BCUT2D eigenvalue weighted by Gasteiger charge is -2.56. The van der Waals surface area contributed by atoms with Crippen molar-refractivity contribution in [3.63, 3.8) is 0 Å². The maximum atomic E-state index is 12.9. The van der Waals surface area contributed by atoms with Crippen molar-refractivity contribution in [2.45, 2.75) is 114 Å². The number of amides is 1. The summed E-state index contributed by atoms with van der Waals surface area (Å²) in [5, 5.41) is 44.2. The average Bonchev–Trinajstić information content (AvgIpc) is 2.84. The molecule has 5 atom stereocenters. The predicted octanol–water partition coefficient (Wildman–Crippen LogP) is 1.82. The molecule has 1 saturated heterocycles. The number of hydrogen-bond acceptors (Lipinski definition) is 7. The van der Waals surface area contributed by atoms with E-state index in [4.69, 9.17) is 4.74 Å². The first kappa shape index (κ1) is 28.2. The Morgan fingerprint density at radius 3 is 2.19 bits per heavy atom. The molecule has 0 unspecified atom stereocenters. The van der Waals surface area contributed by atoms with Gasteiger partial charge in [0.25, 0.3) is 0 Å². The van der Waals surface area contributed by atoms with E-state index in [9.17, 15) is 25.2 Å². The van der Waals surface area contributed by atoms with Gasteiger partial charge in [0.2, 0.25) is 5.91 Å². The smallest absolute Gasteiger partial charge is 0.240 e. The number of nitrogens with one attached hydrogen (secondary N) is 1. The molecule has 5 rings (SSSR count). The summed E-state index contributed by atoms with van der Waals surface area (Å²) >= 11 is 0. The highest BCUT2D eigenvalue weighted by Gasteiger charge is 2.51. The maximum Gasteiger partial charge on any atom is 0.240 e. The molecule has 1 heterocycles. The van der Waals surface area contributed by atoms with Crippen LogP contribution in [0.25, 0.3) is 0 Å². The third-order valence-corrected chi connectivity index (χ3v) is 9.51. The molecule has 0 aromatic heterocycles. The molecular formula is C28H50N2O6. The van der Waals surface area contributed by atoms with E-state index in [0.29, 0.717) is 18.5 Å². The number of hydrogen-bond donors (Lipinski definition) is 5. The van der Waals surface area contributed by atoms with Crippen molar-refractivity contribution in [2.24, 2.45) is 23.2 Å². The lowest BCUT2D eigenvalue weighted by atomic mass is 9.50. The number of carbonyl (C=O) groups is 1. The lowest BCUT2D eigenvalue weighted by molar-refractivity contribution is -0.178. The summed E-state index contributed by atoms with van der Waals surface area (Å²) in [5.41, 5.74) is 0.432. The van der Waals surface area contributed by atoms with Crippen LogP contribution in [0.5, 0.6) is 0 Å². The van der Waals surface area contributed by atoms with Crippen LogP contribution in [0.3, 0.4) is 0 Å². The third kappa shape index (κ3) is 6.44. The minimum atomic E-state index is -1.47. The van der Waals surface area contributed by atoms with Gasteiger partial charge in [-0.1, -0.05) is 19.8 Å². The Morgan fingerprint density at radius 2 is 1.58 bits per heavy atom. The SMILES string of the molecule is CCCCCNC(=O)[C@@H]1[C@H](O)[C@@H](O)[C@H](O)[C@H](CO)N1CCCCCOCC12CC3CC(CC(C3)C1)C2. The number of piperidine rings is 1. The van der Waals surface area contributed by atoms with Crippen LogP contribution < -0.4 is 5.32 Å². The van der Waals surface area contributed by atoms with Gasteiger partial charge < -0.3 is 30.5 Å². The molecule has 36 heavy (non-hydrogen) atoms. The number of unbranched alkanes of at least 4 members (excludes halogenated alkanes) is 4. The Hall–Kier alpha value is -0.770. The van der Waals surface area contributed by atoms with E-state index in [0.717, 1.165) is 69.5 Å². The quantitative estimate of drug-likeness (QED) is 0.226. The Balaban J connectivity index is 1.21. The molecule has 1 aliphatic heterocycles. The van der Waals surface area contributed by atoms with E-state index in [-0.39, 0.29) is 5.91 Å². The lowest BCUT2D eigenvalue weighted by Crippen LogP contribution is -2.70. The van der Waals surface area contributed by atoms with Crippen molar-refractivity contribution >= 4 is 5.91 Å². The summed E-state index contributed by atoms with van der Waals surface area (Å²) < 4.78 is 6.19. The first-order valence-electron chi connectivity index (χ1n) is 14.6. The summed E-state index contributed by atoms with van der Waals surface area (Å²) in [7, 11) is 0. The van der Waals surface area contributed by atoms with E-state index >= 15 is 0 Å². The zero-order valence-electron chi connectivity index (χ0n) is 22.2. The van der Waals surface area contributed by atoms with Crippen molar-refractivity contribution in [2.75, 3.05) is 32.9 Å². The predicted molar refractivity (Wildman–Crippen MR) is 137 cm³/mol. The van der Waals surface area contributed by atoms with Crippen LogP contribution in [-0.4, -0.2) is 94.5 Å². The molecule has 0 aromatic carbocycles. The summed E-state index contributed by atoms with van der Waals surface area (Å²) in [6, 6.07) is -1.78. The Morgan fingerprint density at radius 1 is 0.917 bits per heavy atom. The molecule has 5 N–H and O–H groups in total. The molecule has 8 nitrogen and oxygen atoms in total. The minimum Gasteiger partial charge on any atom is -0.395 e. The maximum absolute atomic E-state index is 12.9. The zero-order chi connectivity index (χ0) is 25.7. The average molecular weight is 511 g/mol. The first-order valence-corrected chi connectivity index (χ1v) is 14.6. The zero-order valence-corrected chi connectivity index (χ0v) is 22.2. The second-order valence-electron chi connectivity index (χ2n) is 12.4.